The van der Waals surface area contributed by atoms with Crippen molar-refractivity contribution in [3.05, 3.63) is 29.3 Å². The van der Waals surface area contributed by atoms with E-state index >= 15 is 0 Å². The van der Waals surface area contributed by atoms with Crippen molar-refractivity contribution < 1.29 is 4.79 Å². The molecule has 0 aromatic heterocycles. The van der Waals surface area contributed by atoms with Crippen molar-refractivity contribution in [3.63, 3.8) is 0 Å². The van der Waals surface area contributed by atoms with Gasteiger partial charge in [0.05, 0.1) is 5.69 Å². The molecule has 6 heteroatoms. The lowest BCUT2D eigenvalue weighted by Crippen LogP contribution is -2.50. The summed E-state index contributed by atoms with van der Waals surface area (Å²) in [5.74, 6) is -0.279. The number of nitrogens with two attached hydrogens (primary N) is 1. The second-order valence-electron chi connectivity index (χ2n) is 4.72. The van der Waals surface area contributed by atoms with Crippen LogP contribution in [0.4, 0.5) is 10.5 Å². The van der Waals surface area contributed by atoms with E-state index in [1.807, 2.05) is 45.9 Å². The van der Waals surface area contributed by atoms with Gasteiger partial charge in [-0.3, -0.25) is 5.41 Å². The van der Waals surface area contributed by atoms with E-state index in [2.05, 4.69) is 5.32 Å². The van der Waals surface area contributed by atoms with E-state index in [-0.39, 0.29) is 30.4 Å². The van der Waals surface area contributed by atoms with Crippen LogP contribution in [0, 0.1) is 19.3 Å². The highest BCUT2D eigenvalue weighted by molar-refractivity contribution is 6.14. The van der Waals surface area contributed by atoms with Crippen molar-refractivity contribution in [3.8, 4) is 0 Å². The van der Waals surface area contributed by atoms with Gasteiger partial charge in [0, 0.05) is 6.04 Å². The van der Waals surface area contributed by atoms with Crippen LogP contribution in [0.3, 0.4) is 0 Å². The number of nitrogens with zero attached hydrogens (tertiary/aromatic N) is 1. The molecule has 0 spiro atoms. The zero-order chi connectivity index (χ0) is 14.6. The molecule has 2 amide bonds. The molecule has 112 valence electrons. The molecule has 0 aliphatic heterocycles. The molecule has 0 aliphatic carbocycles. The smallest absolute Gasteiger partial charge is 0.329 e. The van der Waals surface area contributed by atoms with Crippen LogP contribution in [0.2, 0.25) is 0 Å². The summed E-state index contributed by atoms with van der Waals surface area (Å²) in [7, 11) is 0. The fraction of sp³-hybridized carbons (Fsp3) is 0.429. The monoisotopic (exact) mass is 298 g/mol. The number of anilines is 1. The number of nitrogens with one attached hydrogen (secondary N) is 2. The van der Waals surface area contributed by atoms with Gasteiger partial charge < -0.3 is 11.1 Å². The van der Waals surface area contributed by atoms with Crippen molar-refractivity contribution in [1.29, 1.82) is 5.41 Å². The van der Waals surface area contributed by atoms with Gasteiger partial charge in [-0.05, 0) is 38.3 Å². The van der Waals surface area contributed by atoms with E-state index in [1.54, 1.807) is 0 Å². The number of aryl methyl sites for hydroxylation is 2. The fourth-order valence-corrected chi connectivity index (χ4v) is 1.87. The number of amides is 2. The fourth-order valence-electron chi connectivity index (χ4n) is 1.87. The molecule has 0 saturated heterocycles. The Hall–Kier alpha value is -1.75. The number of benzene rings is 1. The molecule has 1 unspecified atom stereocenters. The van der Waals surface area contributed by atoms with E-state index in [1.165, 1.54) is 4.90 Å². The highest BCUT2D eigenvalue weighted by Crippen LogP contribution is 2.24. The van der Waals surface area contributed by atoms with Crippen molar-refractivity contribution >= 4 is 30.1 Å². The minimum Gasteiger partial charge on any atom is -0.369 e. The molecule has 0 bridgehead atoms. The number of rotatable bonds is 3. The maximum atomic E-state index is 12.3. The van der Waals surface area contributed by atoms with Crippen LogP contribution in [-0.2, 0) is 0 Å². The van der Waals surface area contributed by atoms with Crippen LogP contribution < -0.4 is 16.0 Å². The Balaban J connectivity index is 0.00000361. The molecule has 0 heterocycles. The summed E-state index contributed by atoms with van der Waals surface area (Å²) >= 11 is 0. The van der Waals surface area contributed by atoms with E-state index < -0.39 is 0 Å². The predicted molar refractivity (Wildman–Crippen MR) is 85.8 cm³/mol. The maximum Gasteiger partial charge on any atom is 0.329 e. The first-order chi connectivity index (χ1) is 8.88. The normalized spacial score (nSPS) is 11.2. The molecule has 1 atom stereocenters. The number of carbonyl (C=O) groups is 1. The zero-order valence-corrected chi connectivity index (χ0v) is 13.2. The Bertz CT molecular complexity index is 470. The van der Waals surface area contributed by atoms with Crippen LogP contribution in [-0.4, -0.2) is 18.0 Å². The molecule has 4 N–H and O–H groups in total. The van der Waals surface area contributed by atoms with Gasteiger partial charge in [-0.2, -0.15) is 0 Å². The molecule has 0 aliphatic rings. The third-order valence-electron chi connectivity index (χ3n) is 3.09. The van der Waals surface area contributed by atoms with Gasteiger partial charge in [0.15, 0.2) is 0 Å². The van der Waals surface area contributed by atoms with E-state index in [0.717, 1.165) is 17.5 Å². The third-order valence-corrected chi connectivity index (χ3v) is 3.09. The summed E-state index contributed by atoms with van der Waals surface area (Å²) in [5.41, 5.74) is 8.07. The molecule has 1 rings (SSSR count). The van der Waals surface area contributed by atoms with Crippen LogP contribution in [0.15, 0.2) is 18.2 Å². The molecule has 0 fully saturated rings. The first-order valence-corrected chi connectivity index (χ1v) is 6.39. The van der Waals surface area contributed by atoms with E-state index in [9.17, 15) is 4.79 Å². The SMILES string of the molecule is CCC(C)NC(=O)N(C(=N)N)c1c(C)cccc1C.Cl. The van der Waals surface area contributed by atoms with Gasteiger partial charge >= 0.3 is 6.03 Å². The van der Waals surface area contributed by atoms with Crippen LogP contribution in [0.1, 0.15) is 31.4 Å². The number of halogens is 1. The number of guanidine groups is 1. The molecule has 20 heavy (non-hydrogen) atoms. The lowest BCUT2D eigenvalue weighted by Gasteiger charge is -2.26. The minimum absolute atomic E-state index is 0. The number of hydrogen-bond acceptors (Lipinski definition) is 2. The van der Waals surface area contributed by atoms with Gasteiger partial charge in [-0.25, -0.2) is 9.69 Å². The van der Waals surface area contributed by atoms with Crippen LogP contribution in [0.5, 0.6) is 0 Å². The van der Waals surface area contributed by atoms with Crippen molar-refractivity contribution in [2.75, 3.05) is 4.90 Å². The molecule has 1 aromatic rings. The Morgan fingerprint density at radius 2 is 1.90 bits per heavy atom. The lowest BCUT2D eigenvalue weighted by molar-refractivity contribution is 0.245. The highest BCUT2D eigenvalue weighted by atomic mass is 35.5. The average Bonchev–Trinajstić information content (AvgIpc) is 2.32. The third kappa shape index (κ3) is 4.13. The zero-order valence-electron chi connectivity index (χ0n) is 12.4. The maximum absolute atomic E-state index is 12.3. The van der Waals surface area contributed by atoms with Gasteiger partial charge in [-0.1, -0.05) is 25.1 Å². The topological polar surface area (TPSA) is 82.2 Å². The number of urea groups is 1. The number of carbonyl (C=O) groups excluding carboxylic acids is 1. The molecule has 5 nitrogen and oxygen atoms in total. The van der Waals surface area contributed by atoms with Crippen molar-refractivity contribution in [2.45, 2.75) is 40.2 Å². The molecular weight excluding hydrogens is 276 g/mol. The lowest BCUT2D eigenvalue weighted by atomic mass is 10.1. The number of para-hydroxylation sites is 1. The van der Waals surface area contributed by atoms with Crippen molar-refractivity contribution in [2.24, 2.45) is 5.73 Å². The number of hydrogen-bond donors (Lipinski definition) is 3. The Morgan fingerprint density at radius 1 is 1.40 bits per heavy atom. The Morgan fingerprint density at radius 3 is 2.30 bits per heavy atom. The summed E-state index contributed by atoms with van der Waals surface area (Å²) < 4.78 is 0. The Kier molecular flexibility index (Phi) is 7.07. The quantitative estimate of drug-likeness (QED) is 0.592. The first kappa shape index (κ1) is 18.2. The predicted octanol–water partition coefficient (Wildman–Crippen LogP) is 2.93. The summed E-state index contributed by atoms with van der Waals surface area (Å²) in [4.78, 5) is 13.5. The average molecular weight is 299 g/mol. The van der Waals surface area contributed by atoms with Gasteiger partial charge in [0.2, 0.25) is 5.96 Å². The van der Waals surface area contributed by atoms with Crippen LogP contribution in [0.25, 0.3) is 0 Å². The summed E-state index contributed by atoms with van der Waals surface area (Å²) in [6, 6.07) is 5.39. The molecule has 0 saturated carbocycles. The second kappa shape index (κ2) is 7.75. The standard InChI is InChI=1S/C14H22N4O.ClH/c1-5-11(4)17-14(19)18(13(15)16)12-9(2)7-6-8-10(12)3;/h6-8,11H,5H2,1-4H3,(H3,15,16)(H,17,19);1H. The van der Waals surface area contributed by atoms with Crippen LogP contribution >= 0.6 is 12.4 Å². The molecule has 0 radical (unpaired) electrons. The van der Waals surface area contributed by atoms with Crippen molar-refractivity contribution in [1.82, 2.24) is 5.32 Å². The van der Waals surface area contributed by atoms with E-state index in [4.69, 9.17) is 11.1 Å². The second-order valence-corrected chi connectivity index (χ2v) is 4.72. The largest absolute Gasteiger partial charge is 0.369 e. The Labute approximate surface area is 126 Å². The summed E-state index contributed by atoms with van der Waals surface area (Å²) in [6.45, 7) is 7.70. The van der Waals surface area contributed by atoms with Gasteiger partial charge in [0.1, 0.15) is 0 Å². The molecular formula is C14H23ClN4O. The highest BCUT2D eigenvalue weighted by Gasteiger charge is 2.22. The van der Waals surface area contributed by atoms with Gasteiger partial charge in [0.25, 0.3) is 0 Å². The first-order valence-electron chi connectivity index (χ1n) is 6.39. The molecule has 1 aromatic carbocycles. The minimum atomic E-state index is -0.362. The van der Waals surface area contributed by atoms with Gasteiger partial charge in [-0.15, -0.1) is 12.4 Å². The van der Waals surface area contributed by atoms with E-state index in [0.29, 0.717) is 5.69 Å². The summed E-state index contributed by atoms with van der Waals surface area (Å²) in [6.07, 6.45) is 0.824. The summed E-state index contributed by atoms with van der Waals surface area (Å²) in [5, 5.41) is 10.5.